The fourth-order valence-corrected chi connectivity index (χ4v) is 3.60. The summed E-state index contributed by atoms with van der Waals surface area (Å²) in [7, 11) is 0. The smallest absolute Gasteiger partial charge is 0.308 e. The Morgan fingerprint density at radius 1 is 1.25 bits per heavy atom. The number of thioether (sulfide) groups is 1. The predicted molar refractivity (Wildman–Crippen MR) is 99.9 cm³/mol. The van der Waals surface area contributed by atoms with Gasteiger partial charge in [0.2, 0.25) is 5.91 Å². The van der Waals surface area contributed by atoms with E-state index in [1.807, 2.05) is 12.1 Å². The lowest BCUT2D eigenvalue weighted by Gasteiger charge is -2.23. The number of hydrogen-bond acceptors (Lipinski definition) is 5. The third-order valence-corrected chi connectivity index (χ3v) is 5.20. The molecule has 1 aliphatic rings. The molecule has 0 fully saturated rings. The summed E-state index contributed by atoms with van der Waals surface area (Å²) in [6.07, 6.45) is -1.45. The Kier molecular flexibility index (Phi) is 5.93. The highest BCUT2D eigenvalue weighted by Crippen LogP contribution is 2.36. The molecule has 0 unspecified atom stereocenters. The predicted octanol–water partition coefficient (Wildman–Crippen LogP) is 3.34. The zero-order chi connectivity index (χ0) is 20.3. The highest BCUT2D eigenvalue weighted by atomic mass is 32.2. The maximum Gasteiger partial charge on any atom is 0.308 e. The van der Waals surface area contributed by atoms with Crippen LogP contribution < -0.4 is 10.6 Å². The van der Waals surface area contributed by atoms with Crippen molar-refractivity contribution in [1.29, 1.82) is 0 Å². The second-order valence-corrected chi connectivity index (χ2v) is 7.29. The van der Waals surface area contributed by atoms with E-state index >= 15 is 0 Å². The van der Waals surface area contributed by atoms with E-state index in [1.54, 1.807) is 12.1 Å². The van der Waals surface area contributed by atoms with Crippen molar-refractivity contribution in [2.75, 3.05) is 10.6 Å². The molecule has 0 aromatic heterocycles. The summed E-state index contributed by atoms with van der Waals surface area (Å²) in [5.74, 6) is -3.56. The monoisotopic (exact) mass is 406 g/mol. The van der Waals surface area contributed by atoms with Crippen molar-refractivity contribution < 1.29 is 27.9 Å². The summed E-state index contributed by atoms with van der Waals surface area (Å²) in [4.78, 5) is 37.2. The molecule has 146 valence electrons. The quantitative estimate of drug-likeness (QED) is 0.744. The van der Waals surface area contributed by atoms with Crippen molar-refractivity contribution >= 4 is 40.9 Å². The van der Waals surface area contributed by atoms with Crippen LogP contribution >= 0.6 is 11.8 Å². The minimum absolute atomic E-state index is 0.229. The first-order chi connectivity index (χ1) is 13.3. The number of carbonyl (C=O) groups excluding carboxylic acids is 3. The van der Waals surface area contributed by atoms with Crippen LogP contribution in [0.4, 0.5) is 20.2 Å². The molecule has 2 aromatic rings. The number of benzene rings is 2. The lowest BCUT2D eigenvalue weighted by atomic mass is 10.2. The molecule has 0 bridgehead atoms. The molecule has 0 radical (unpaired) electrons. The highest BCUT2D eigenvalue weighted by Gasteiger charge is 2.30. The van der Waals surface area contributed by atoms with Crippen LogP contribution in [-0.4, -0.2) is 29.1 Å². The van der Waals surface area contributed by atoms with E-state index in [-0.39, 0.29) is 18.0 Å². The molecule has 1 heterocycles. The molecule has 1 aliphatic heterocycles. The van der Waals surface area contributed by atoms with Gasteiger partial charge in [0.1, 0.15) is 11.6 Å². The highest BCUT2D eigenvalue weighted by molar-refractivity contribution is 8.01. The standard InChI is InChI=1S/C19H16F2N2O4S/c1-10(18(25)22-13-7-6-11(20)8-12(13)21)27-17(24)9-16-19(26)23-14-4-2-3-5-15(14)28-16/h2-8,10,16H,9H2,1H3,(H,22,25)(H,23,26)/t10-,16-/m0/s1. The molecular formula is C19H16F2N2O4S. The maximum absolute atomic E-state index is 13.6. The van der Waals surface area contributed by atoms with Crippen LogP contribution in [0.2, 0.25) is 0 Å². The number of esters is 1. The zero-order valence-corrected chi connectivity index (χ0v) is 15.5. The van der Waals surface area contributed by atoms with E-state index in [1.165, 1.54) is 18.7 Å². The summed E-state index contributed by atoms with van der Waals surface area (Å²) in [5.41, 5.74) is 0.448. The molecule has 3 rings (SSSR count). The van der Waals surface area contributed by atoms with Crippen LogP contribution in [0.15, 0.2) is 47.4 Å². The Bertz CT molecular complexity index is 938. The Hall–Kier alpha value is -2.94. The first-order valence-corrected chi connectivity index (χ1v) is 9.23. The molecule has 0 saturated heterocycles. The van der Waals surface area contributed by atoms with E-state index in [2.05, 4.69) is 10.6 Å². The zero-order valence-electron chi connectivity index (χ0n) is 14.7. The van der Waals surface area contributed by atoms with Crippen LogP contribution in [0.25, 0.3) is 0 Å². The van der Waals surface area contributed by atoms with Gasteiger partial charge in [-0.25, -0.2) is 8.78 Å². The third kappa shape index (κ3) is 4.66. The van der Waals surface area contributed by atoms with E-state index in [4.69, 9.17) is 4.74 Å². The molecule has 0 spiro atoms. The number of hydrogen-bond donors (Lipinski definition) is 2. The number of rotatable bonds is 5. The van der Waals surface area contributed by atoms with Crippen molar-refractivity contribution in [3.8, 4) is 0 Å². The molecule has 0 saturated carbocycles. The molecule has 6 nitrogen and oxygen atoms in total. The summed E-state index contributed by atoms with van der Waals surface area (Å²) >= 11 is 1.24. The van der Waals surface area contributed by atoms with Gasteiger partial charge in [-0.2, -0.15) is 0 Å². The maximum atomic E-state index is 13.6. The Balaban J connectivity index is 1.55. The van der Waals surface area contributed by atoms with Gasteiger partial charge >= 0.3 is 5.97 Å². The molecule has 2 aromatic carbocycles. The van der Waals surface area contributed by atoms with Gasteiger partial charge in [-0.3, -0.25) is 14.4 Å². The van der Waals surface area contributed by atoms with Crippen LogP contribution in [0.3, 0.4) is 0 Å². The number of halogens is 2. The topological polar surface area (TPSA) is 84.5 Å². The molecule has 2 N–H and O–H groups in total. The van der Waals surface area contributed by atoms with Crippen LogP contribution in [0, 0.1) is 11.6 Å². The Morgan fingerprint density at radius 2 is 2.00 bits per heavy atom. The minimum atomic E-state index is -1.22. The summed E-state index contributed by atoms with van der Waals surface area (Å²) in [6, 6.07) is 9.88. The van der Waals surface area contributed by atoms with Crippen molar-refractivity contribution in [1.82, 2.24) is 0 Å². The molecule has 2 amide bonds. The lowest BCUT2D eigenvalue weighted by molar-refractivity contribution is -0.153. The van der Waals surface area contributed by atoms with Crippen LogP contribution in [0.1, 0.15) is 13.3 Å². The lowest BCUT2D eigenvalue weighted by Crippen LogP contribution is -2.34. The largest absolute Gasteiger partial charge is 0.452 e. The number of fused-ring (bicyclic) bond motifs is 1. The number of ether oxygens (including phenoxy) is 1. The third-order valence-electron chi connectivity index (χ3n) is 3.93. The average molecular weight is 406 g/mol. The fraction of sp³-hybridized carbons (Fsp3) is 0.211. The normalized spacial score (nSPS) is 16.5. The molecule has 0 aliphatic carbocycles. The first-order valence-electron chi connectivity index (χ1n) is 8.35. The SMILES string of the molecule is C[C@H](OC(=O)C[C@@H]1Sc2ccccc2NC1=O)C(=O)Nc1ccc(F)cc1F. The minimum Gasteiger partial charge on any atom is -0.452 e. The van der Waals surface area contributed by atoms with Gasteiger partial charge in [0.05, 0.1) is 23.0 Å². The number of nitrogens with one attached hydrogen (secondary N) is 2. The van der Waals surface area contributed by atoms with E-state index in [0.29, 0.717) is 11.8 Å². The summed E-state index contributed by atoms with van der Waals surface area (Å²) in [6.45, 7) is 1.32. The summed E-state index contributed by atoms with van der Waals surface area (Å²) in [5, 5.41) is 4.25. The average Bonchev–Trinajstić information content (AvgIpc) is 2.64. The van der Waals surface area contributed by atoms with E-state index in [0.717, 1.165) is 17.0 Å². The molecule has 9 heteroatoms. The second-order valence-electron chi connectivity index (χ2n) is 6.04. The van der Waals surface area contributed by atoms with Crippen molar-refractivity contribution in [3.63, 3.8) is 0 Å². The fourth-order valence-electron chi connectivity index (χ4n) is 2.50. The van der Waals surface area contributed by atoms with Crippen LogP contribution in [0.5, 0.6) is 0 Å². The van der Waals surface area contributed by atoms with Gasteiger partial charge in [0, 0.05) is 11.0 Å². The van der Waals surface area contributed by atoms with Gasteiger partial charge in [0.15, 0.2) is 6.10 Å². The molecule has 2 atom stereocenters. The van der Waals surface area contributed by atoms with E-state index < -0.39 is 34.9 Å². The van der Waals surface area contributed by atoms with Gasteiger partial charge in [-0.15, -0.1) is 11.8 Å². The molecule has 28 heavy (non-hydrogen) atoms. The van der Waals surface area contributed by atoms with Gasteiger partial charge in [0.25, 0.3) is 5.91 Å². The van der Waals surface area contributed by atoms with Crippen LogP contribution in [-0.2, 0) is 19.1 Å². The Labute approximate surface area is 163 Å². The number of para-hydroxylation sites is 1. The Morgan fingerprint density at radius 3 is 2.75 bits per heavy atom. The first kappa shape index (κ1) is 19.8. The van der Waals surface area contributed by atoms with Crippen molar-refractivity contribution in [2.24, 2.45) is 0 Å². The number of carbonyl (C=O) groups is 3. The molecular weight excluding hydrogens is 390 g/mol. The van der Waals surface area contributed by atoms with Crippen molar-refractivity contribution in [3.05, 3.63) is 54.1 Å². The van der Waals surface area contributed by atoms with Gasteiger partial charge in [-0.1, -0.05) is 12.1 Å². The number of amides is 2. The van der Waals surface area contributed by atoms with Gasteiger partial charge in [-0.05, 0) is 31.2 Å². The number of anilines is 2. The van der Waals surface area contributed by atoms with E-state index in [9.17, 15) is 23.2 Å². The summed E-state index contributed by atoms with van der Waals surface area (Å²) < 4.78 is 31.6. The second kappa shape index (κ2) is 8.39. The van der Waals surface area contributed by atoms with Gasteiger partial charge < -0.3 is 15.4 Å². The van der Waals surface area contributed by atoms with Crippen molar-refractivity contribution in [2.45, 2.75) is 29.6 Å².